The largest absolute Gasteiger partial charge is 0.490 e. The van der Waals surface area contributed by atoms with Crippen molar-refractivity contribution in [1.29, 1.82) is 5.26 Å². The number of morpholine rings is 1. The van der Waals surface area contributed by atoms with Crippen molar-refractivity contribution in [3.05, 3.63) is 28.8 Å². The van der Waals surface area contributed by atoms with Gasteiger partial charge in [-0.3, -0.25) is 0 Å². The molecule has 1 aromatic rings. The zero-order valence-electron chi connectivity index (χ0n) is 10.8. The van der Waals surface area contributed by atoms with E-state index in [4.69, 9.17) is 14.7 Å². The van der Waals surface area contributed by atoms with E-state index in [1.165, 1.54) is 0 Å². The summed E-state index contributed by atoms with van der Waals surface area (Å²) in [6.45, 7) is 6.94. The molecule has 1 aliphatic rings. The zero-order chi connectivity index (χ0) is 13.0. The van der Waals surface area contributed by atoms with Crippen molar-refractivity contribution < 1.29 is 9.47 Å². The Morgan fingerprint density at radius 1 is 1.44 bits per heavy atom. The van der Waals surface area contributed by atoms with Crippen LogP contribution in [-0.4, -0.2) is 32.4 Å². The number of nitrogens with zero attached hydrogens (tertiary/aromatic N) is 1. The van der Waals surface area contributed by atoms with E-state index in [-0.39, 0.29) is 6.10 Å². The second-order valence-electron chi connectivity index (χ2n) is 4.56. The van der Waals surface area contributed by atoms with E-state index >= 15 is 0 Å². The molecule has 1 atom stereocenters. The van der Waals surface area contributed by atoms with Gasteiger partial charge in [-0.05, 0) is 37.1 Å². The Morgan fingerprint density at radius 3 is 2.72 bits per heavy atom. The van der Waals surface area contributed by atoms with Crippen molar-refractivity contribution in [2.45, 2.75) is 20.0 Å². The predicted molar refractivity (Wildman–Crippen MR) is 68.7 cm³/mol. The first-order valence-corrected chi connectivity index (χ1v) is 6.17. The summed E-state index contributed by atoms with van der Waals surface area (Å²) in [7, 11) is 0. The number of benzene rings is 1. The molecule has 4 heteroatoms. The van der Waals surface area contributed by atoms with Crippen molar-refractivity contribution in [2.24, 2.45) is 0 Å². The van der Waals surface area contributed by atoms with E-state index < -0.39 is 0 Å². The highest BCUT2D eigenvalue weighted by Crippen LogP contribution is 2.24. The first-order chi connectivity index (χ1) is 8.70. The van der Waals surface area contributed by atoms with Crippen LogP contribution in [0.5, 0.6) is 5.75 Å². The third-order valence-electron chi connectivity index (χ3n) is 3.01. The van der Waals surface area contributed by atoms with Gasteiger partial charge in [-0.1, -0.05) is 0 Å². The van der Waals surface area contributed by atoms with Gasteiger partial charge in [0.15, 0.2) is 0 Å². The molecule has 0 amide bonds. The normalized spacial score (nSPS) is 19.3. The van der Waals surface area contributed by atoms with E-state index in [0.29, 0.717) is 12.2 Å². The minimum Gasteiger partial charge on any atom is -0.490 e. The molecule has 96 valence electrons. The highest BCUT2D eigenvalue weighted by molar-refractivity contribution is 5.47. The van der Waals surface area contributed by atoms with Crippen LogP contribution in [0, 0.1) is 25.2 Å². The molecule has 1 saturated heterocycles. The lowest BCUT2D eigenvalue weighted by Gasteiger charge is -2.24. The molecule has 1 fully saturated rings. The highest BCUT2D eigenvalue weighted by Gasteiger charge is 2.15. The summed E-state index contributed by atoms with van der Waals surface area (Å²) in [6, 6.07) is 5.85. The van der Waals surface area contributed by atoms with Crippen LogP contribution in [0.1, 0.15) is 16.7 Å². The van der Waals surface area contributed by atoms with Gasteiger partial charge in [0.25, 0.3) is 0 Å². The predicted octanol–water partition coefficient (Wildman–Crippen LogP) is 1.54. The Balaban J connectivity index is 2.02. The monoisotopic (exact) mass is 246 g/mol. The fourth-order valence-electron chi connectivity index (χ4n) is 2.15. The number of hydrogen-bond acceptors (Lipinski definition) is 4. The molecule has 18 heavy (non-hydrogen) atoms. The molecule has 4 nitrogen and oxygen atoms in total. The fourth-order valence-corrected chi connectivity index (χ4v) is 2.15. The van der Waals surface area contributed by atoms with Crippen molar-refractivity contribution in [2.75, 3.05) is 26.3 Å². The van der Waals surface area contributed by atoms with E-state index in [9.17, 15) is 0 Å². The lowest BCUT2D eigenvalue weighted by Crippen LogP contribution is -2.41. The molecule has 0 aliphatic carbocycles. The van der Waals surface area contributed by atoms with Crippen LogP contribution in [-0.2, 0) is 4.74 Å². The van der Waals surface area contributed by atoms with Gasteiger partial charge in [0, 0.05) is 13.1 Å². The molecule has 2 rings (SSSR count). The van der Waals surface area contributed by atoms with Gasteiger partial charge < -0.3 is 14.8 Å². The number of hydrogen-bond donors (Lipinski definition) is 1. The summed E-state index contributed by atoms with van der Waals surface area (Å²) < 4.78 is 11.4. The average molecular weight is 246 g/mol. The van der Waals surface area contributed by atoms with Crippen LogP contribution < -0.4 is 10.1 Å². The van der Waals surface area contributed by atoms with Gasteiger partial charge in [0.05, 0.1) is 18.2 Å². The molecular formula is C14H18N2O2. The van der Waals surface area contributed by atoms with E-state index in [1.54, 1.807) is 0 Å². The van der Waals surface area contributed by atoms with Crippen molar-refractivity contribution >= 4 is 0 Å². The minimum atomic E-state index is 0.105. The van der Waals surface area contributed by atoms with Crippen molar-refractivity contribution in [1.82, 2.24) is 5.32 Å². The summed E-state index contributed by atoms with van der Waals surface area (Å²) in [5.74, 6) is 0.864. The van der Waals surface area contributed by atoms with Crippen LogP contribution in [0.25, 0.3) is 0 Å². The van der Waals surface area contributed by atoms with Crippen LogP contribution in [0.3, 0.4) is 0 Å². The molecule has 0 bridgehead atoms. The second-order valence-corrected chi connectivity index (χ2v) is 4.56. The van der Waals surface area contributed by atoms with E-state index in [0.717, 1.165) is 36.6 Å². The van der Waals surface area contributed by atoms with Gasteiger partial charge in [0.2, 0.25) is 0 Å². The second kappa shape index (κ2) is 5.85. The molecule has 0 spiro atoms. The average Bonchev–Trinajstić information content (AvgIpc) is 2.38. The van der Waals surface area contributed by atoms with E-state index in [1.807, 2.05) is 26.0 Å². The summed E-state index contributed by atoms with van der Waals surface area (Å²) >= 11 is 0. The topological polar surface area (TPSA) is 54.3 Å². The first-order valence-electron chi connectivity index (χ1n) is 6.17. The summed E-state index contributed by atoms with van der Waals surface area (Å²) in [5.41, 5.74) is 2.67. The van der Waals surface area contributed by atoms with Crippen LogP contribution in [0.2, 0.25) is 0 Å². The maximum absolute atomic E-state index is 8.89. The lowest BCUT2D eigenvalue weighted by atomic mass is 10.1. The van der Waals surface area contributed by atoms with Crippen LogP contribution in [0.4, 0.5) is 0 Å². The molecule has 0 aromatic heterocycles. The van der Waals surface area contributed by atoms with Crippen LogP contribution in [0.15, 0.2) is 12.1 Å². The fraction of sp³-hybridized carbons (Fsp3) is 0.500. The Bertz CT molecular complexity index is 436. The SMILES string of the molecule is Cc1cc(C#N)cc(C)c1OCC1CNCCO1. The van der Waals surface area contributed by atoms with Gasteiger partial charge in [-0.15, -0.1) is 0 Å². The molecule has 1 heterocycles. The van der Waals surface area contributed by atoms with Crippen LogP contribution >= 0.6 is 0 Å². The van der Waals surface area contributed by atoms with Crippen molar-refractivity contribution in [3.63, 3.8) is 0 Å². The van der Waals surface area contributed by atoms with Gasteiger partial charge in [0.1, 0.15) is 18.5 Å². The molecule has 1 N–H and O–H groups in total. The highest BCUT2D eigenvalue weighted by atomic mass is 16.5. The third kappa shape index (κ3) is 3.00. The number of aryl methyl sites for hydroxylation is 2. The molecular weight excluding hydrogens is 228 g/mol. The summed E-state index contributed by atoms with van der Waals surface area (Å²) in [5, 5.41) is 12.2. The number of nitrogens with one attached hydrogen (secondary N) is 1. The molecule has 1 unspecified atom stereocenters. The maximum atomic E-state index is 8.89. The van der Waals surface area contributed by atoms with E-state index in [2.05, 4.69) is 11.4 Å². The molecule has 0 radical (unpaired) electrons. The quantitative estimate of drug-likeness (QED) is 0.879. The number of nitriles is 1. The Hall–Kier alpha value is -1.57. The minimum absolute atomic E-state index is 0.105. The smallest absolute Gasteiger partial charge is 0.125 e. The van der Waals surface area contributed by atoms with Crippen molar-refractivity contribution in [3.8, 4) is 11.8 Å². The summed E-state index contributed by atoms with van der Waals surface area (Å²) in [6.07, 6.45) is 0.105. The Labute approximate surface area is 108 Å². The molecule has 0 saturated carbocycles. The van der Waals surface area contributed by atoms with Gasteiger partial charge >= 0.3 is 0 Å². The summed E-state index contributed by atoms with van der Waals surface area (Å²) in [4.78, 5) is 0. The Morgan fingerprint density at radius 2 is 2.17 bits per heavy atom. The lowest BCUT2D eigenvalue weighted by molar-refractivity contribution is -0.0000638. The molecule has 1 aromatic carbocycles. The third-order valence-corrected chi connectivity index (χ3v) is 3.01. The van der Waals surface area contributed by atoms with Gasteiger partial charge in [-0.25, -0.2) is 0 Å². The number of ether oxygens (including phenoxy) is 2. The molecule has 1 aliphatic heterocycles. The zero-order valence-corrected chi connectivity index (χ0v) is 10.8. The first kappa shape index (κ1) is 12.9. The number of rotatable bonds is 3. The Kier molecular flexibility index (Phi) is 4.19. The standard InChI is InChI=1S/C14H18N2O2/c1-10-5-12(7-15)6-11(2)14(10)18-9-13-8-16-3-4-17-13/h5-6,13,16H,3-4,8-9H2,1-2H3. The maximum Gasteiger partial charge on any atom is 0.125 e. The van der Waals surface area contributed by atoms with Gasteiger partial charge in [-0.2, -0.15) is 5.26 Å².